The molecule has 0 bridgehead atoms. The van der Waals surface area contributed by atoms with Gasteiger partial charge in [-0.15, -0.1) is 0 Å². The Morgan fingerprint density at radius 1 is 0.446 bits per heavy atom. The van der Waals surface area contributed by atoms with E-state index >= 15 is 0 Å². The number of nitrogens with zero attached hydrogens (tertiary/aromatic N) is 4. The average Bonchev–Trinajstić information content (AvgIpc) is 3.79. The van der Waals surface area contributed by atoms with Gasteiger partial charge in [0, 0.05) is 46.5 Å². The van der Waals surface area contributed by atoms with Crippen LogP contribution < -0.4 is 33.9 Å². The summed E-state index contributed by atoms with van der Waals surface area (Å²) in [6, 6.07) is 16.3. The zero-order valence-corrected chi connectivity index (χ0v) is 29.6. The molecule has 56 heavy (non-hydrogen) atoms. The Morgan fingerprint density at radius 2 is 0.732 bits per heavy atom. The summed E-state index contributed by atoms with van der Waals surface area (Å²) >= 11 is 0. The van der Waals surface area contributed by atoms with E-state index in [1.54, 1.807) is 0 Å². The van der Waals surface area contributed by atoms with Gasteiger partial charge >= 0.3 is 24.2 Å². The molecule has 6 rings (SSSR count). The van der Waals surface area contributed by atoms with E-state index in [1.165, 1.54) is 107 Å². The van der Waals surface area contributed by atoms with E-state index in [-0.39, 0.29) is 73.4 Å². The SMILES string of the molecule is OCC[n+]1ccc(-c2nc(-c3ccc(-c4ccc(-c5nc(-c6cc[n+](CCO)cc6)c(C(F)(F)C(F)(F)F)o5)cc4)cc3)oc2C(F)(F)C(F)(F)F)cc1.[Cl-].[Cl-]. The Labute approximate surface area is 322 Å². The van der Waals surface area contributed by atoms with Gasteiger partial charge < -0.3 is 43.9 Å². The molecule has 0 atom stereocenters. The highest BCUT2D eigenvalue weighted by Gasteiger charge is 2.63. The molecule has 0 saturated heterocycles. The molecule has 0 aliphatic rings. The Bertz CT molecular complexity index is 2070. The van der Waals surface area contributed by atoms with Crippen LogP contribution in [0.1, 0.15) is 11.5 Å². The predicted molar refractivity (Wildman–Crippen MR) is 168 cm³/mol. The van der Waals surface area contributed by atoms with Gasteiger partial charge in [0.15, 0.2) is 37.9 Å². The molecule has 0 aliphatic carbocycles. The van der Waals surface area contributed by atoms with Crippen LogP contribution in [0, 0.1) is 0 Å². The number of aliphatic hydroxyl groups excluding tert-OH is 2. The van der Waals surface area contributed by atoms with Crippen molar-refractivity contribution in [2.24, 2.45) is 0 Å². The second kappa shape index (κ2) is 16.6. The fourth-order valence-corrected chi connectivity index (χ4v) is 5.33. The number of benzene rings is 2. The summed E-state index contributed by atoms with van der Waals surface area (Å²) in [5, 5.41) is 18.2. The average molecular weight is 840 g/mol. The van der Waals surface area contributed by atoms with Crippen molar-refractivity contribution in [3.05, 3.63) is 109 Å². The monoisotopic (exact) mass is 838 g/mol. The lowest BCUT2D eigenvalue weighted by molar-refractivity contribution is -0.698. The van der Waals surface area contributed by atoms with Crippen molar-refractivity contribution < 1.29 is 96.9 Å². The first-order valence-corrected chi connectivity index (χ1v) is 15.8. The molecule has 0 spiro atoms. The lowest BCUT2D eigenvalue weighted by atomic mass is 10.0. The van der Waals surface area contributed by atoms with Gasteiger partial charge in [0.25, 0.3) is 0 Å². The summed E-state index contributed by atoms with van der Waals surface area (Å²) in [7, 11) is 0. The van der Waals surface area contributed by atoms with E-state index in [4.69, 9.17) is 19.0 Å². The van der Waals surface area contributed by atoms with Gasteiger partial charge in [-0.05, 0) is 35.4 Å². The predicted octanol–water partition coefficient (Wildman–Crippen LogP) is 1.87. The molecule has 0 aliphatic heterocycles. The van der Waals surface area contributed by atoms with Crippen molar-refractivity contribution in [1.29, 1.82) is 0 Å². The van der Waals surface area contributed by atoms with Crippen molar-refractivity contribution in [2.45, 2.75) is 37.3 Å². The Balaban J connectivity index is 0.00000348. The van der Waals surface area contributed by atoms with Gasteiger partial charge in [-0.3, -0.25) is 0 Å². The van der Waals surface area contributed by atoms with Crippen molar-refractivity contribution in [3.8, 4) is 56.6 Å². The molecule has 8 nitrogen and oxygen atoms in total. The molecule has 0 unspecified atom stereocenters. The van der Waals surface area contributed by atoms with E-state index in [9.17, 15) is 43.9 Å². The molecule has 0 radical (unpaired) electrons. The topological polar surface area (TPSA) is 100 Å². The summed E-state index contributed by atoms with van der Waals surface area (Å²) in [5.74, 6) is -15.3. The number of aromatic nitrogens is 4. The van der Waals surface area contributed by atoms with Crippen molar-refractivity contribution in [2.75, 3.05) is 13.2 Å². The third-order valence-corrected chi connectivity index (χ3v) is 8.18. The fraction of sp³-hybridized carbons (Fsp3) is 0.222. The number of aliphatic hydroxyl groups is 2. The lowest BCUT2D eigenvalue weighted by Crippen LogP contribution is -3.00. The minimum absolute atomic E-state index is 0. The van der Waals surface area contributed by atoms with E-state index in [0.29, 0.717) is 11.1 Å². The van der Waals surface area contributed by atoms with Crippen LogP contribution in [-0.2, 0) is 24.9 Å². The largest absolute Gasteiger partial charge is 1.00 e. The first-order chi connectivity index (χ1) is 25.4. The number of pyridine rings is 2. The normalized spacial score (nSPS) is 12.3. The summed E-state index contributed by atoms with van der Waals surface area (Å²) in [6.07, 6.45) is -6.54. The summed E-state index contributed by atoms with van der Waals surface area (Å²) in [5.41, 5.74) is -0.646. The maximum atomic E-state index is 14.6. The van der Waals surface area contributed by atoms with Crippen molar-refractivity contribution in [1.82, 2.24) is 9.97 Å². The van der Waals surface area contributed by atoms with Gasteiger partial charge in [-0.1, -0.05) is 24.3 Å². The van der Waals surface area contributed by atoms with Crippen LogP contribution in [-0.4, -0.2) is 45.7 Å². The molecule has 4 aromatic heterocycles. The van der Waals surface area contributed by atoms with Gasteiger partial charge in [0.1, 0.15) is 24.6 Å². The van der Waals surface area contributed by atoms with Gasteiger partial charge in [0.05, 0.1) is 0 Å². The van der Waals surface area contributed by atoms with E-state index < -0.39 is 58.9 Å². The smallest absolute Gasteiger partial charge is 0.461 e. The van der Waals surface area contributed by atoms with Crippen molar-refractivity contribution in [3.63, 3.8) is 0 Å². The molecule has 0 saturated carbocycles. The van der Waals surface area contributed by atoms with E-state index in [2.05, 4.69) is 9.97 Å². The molecule has 6 aromatic rings. The summed E-state index contributed by atoms with van der Waals surface area (Å²) < 4.78 is 152. The molecule has 20 heteroatoms. The number of hydrogen-bond donors (Lipinski definition) is 2. The molecule has 2 N–H and O–H groups in total. The third kappa shape index (κ3) is 8.52. The van der Waals surface area contributed by atoms with Crippen molar-refractivity contribution >= 4 is 0 Å². The molecular formula is C36H26Cl2F10N4O4. The Kier molecular flexibility index (Phi) is 12.9. The summed E-state index contributed by atoms with van der Waals surface area (Å²) in [4.78, 5) is 7.94. The zero-order valence-electron chi connectivity index (χ0n) is 28.1. The molecule has 0 fully saturated rings. The van der Waals surface area contributed by atoms with E-state index in [1.807, 2.05) is 0 Å². The van der Waals surface area contributed by atoms with E-state index in [0.717, 1.165) is 0 Å². The lowest BCUT2D eigenvalue weighted by Gasteiger charge is -2.17. The first kappa shape index (κ1) is 43.7. The summed E-state index contributed by atoms with van der Waals surface area (Å²) in [6.45, 7) is -0.189. The van der Waals surface area contributed by atoms with Gasteiger partial charge in [0.2, 0.25) is 23.3 Å². The van der Waals surface area contributed by atoms with Crippen LogP contribution in [0.15, 0.2) is 106 Å². The van der Waals surface area contributed by atoms with Crippen LogP contribution in [0.4, 0.5) is 43.9 Å². The Morgan fingerprint density at radius 3 is 1.00 bits per heavy atom. The van der Waals surface area contributed by atoms with Crippen LogP contribution in [0.2, 0.25) is 0 Å². The maximum Gasteiger partial charge on any atom is 0.461 e. The molecule has 4 heterocycles. The van der Waals surface area contributed by atoms with Crippen LogP contribution in [0.3, 0.4) is 0 Å². The molecule has 298 valence electrons. The van der Waals surface area contributed by atoms with Crippen LogP contribution >= 0.6 is 0 Å². The van der Waals surface area contributed by atoms with Crippen LogP contribution in [0.5, 0.6) is 0 Å². The van der Waals surface area contributed by atoms with Gasteiger partial charge in [-0.2, -0.15) is 43.9 Å². The number of alkyl halides is 10. The first-order valence-electron chi connectivity index (χ1n) is 15.8. The molecular weight excluding hydrogens is 813 g/mol. The quantitative estimate of drug-likeness (QED) is 0.153. The zero-order chi connectivity index (χ0) is 39.1. The highest BCUT2D eigenvalue weighted by molar-refractivity contribution is 5.72. The number of hydrogen-bond acceptors (Lipinski definition) is 6. The van der Waals surface area contributed by atoms with Crippen LogP contribution in [0.25, 0.3) is 56.6 Å². The minimum atomic E-state index is -6.00. The number of oxazole rings is 2. The fourth-order valence-electron chi connectivity index (χ4n) is 5.33. The highest BCUT2D eigenvalue weighted by atomic mass is 35.5. The standard InChI is InChI=1S/C36H26F10N4O4.2ClH/c37-33(38,35(41,42)43)29-27(23-9-13-49(14-10-23)17-19-51)47-31(53-29)25-5-1-21(2-6-25)22-3-7-26(8-4-22)32-48-28(24-11-15-50(16-12-24)18-20-52)30(54-32)34(39,40)36(44,45)46;;/h1-16,51-52H,17-20H2;2*1H/q+2;;/p-2. The number of halogens is 12. The molecule has 0 amide bonds. The third-order valence-electron chi connectivity index (χ3n) is 8.18. The highest BCUT2D eigenvalue weighted by Crippen LogP contribution is 2.50. The minimum Gasteiger partial charge on any atom is -1.00 e. The second-order valence-corrected chi connectivity index (χ2v) is 11.8. The maximum absolute atomic E-state index is 14.6. The molecule has 2 aromatic carbocycles. The second-order valence-electron chi connectivity index (χ2n) is 11.8. The Hall–Kier alpha value is -5.04. The van der Waals surface area contributed by atoms with Gasteiger partial charge in [-0.25, -0.2) is 19.1 Å². The number of rotatable bonds is 11.